The maximum atomic E-state index is 11.2. The summed E-state index contributed by atoms with van der Waals surface area (Å²) in [4.78, 5) is 0.726. The molecule has 1 rings (SSSR count). The van der Waals surface area contributed by atoms with Crippen LogP contribution in [-0.2, 0) is 11.2 Å². The van der Waals surface area contributed by atoms with Crippen LogP contribution in [0.25, 0.3) is 0 Å². The first kappa shape index (κ1) is 9.11. The van der Waals surface area contributed by atoms with Crippen LogP contribution >= 0.6 is 0 Å². The van der Waals surface area contributed by atoms with E-state index in [1.807, 2.05) is 6.07 Å². The second-order valence-corrected chi connectivity index (χ2v) is 3.76. The fourth-order valence-corrected chi connectivity index (χ4v) is 1.47. The first-order valence-electron chi connectivity index (χ1n) is 3.45. The largest absolute Gasteiger partial charge is 0.611 e. The maximum Gasteiger partial charge on any atom is 0.152 e. The lowest BCUT2D eigenvalue weighted by Crippen LogP contribution is -2.03. The molecular weight excluding hydrogens is 170 g/mol. The van der Waals surface area contributed by atoms with Crippen molar-refractivity contribution in [3.05, 3.63) is 36.8 Å². The molecule has 0 heterocycles. The van der Waals surface area contributed by atoms with Gasteiger partial charge in [-0.15, -0.1) is 0 Å². The Bertz CT molecular complexity index is 288. The van der Waals surface area contributed by atoms with Gasteiger partial charge in [0, 0.05) is 0 Å². The number of hydrogen-bond donors (Lipinski definition) is 0. The second kappa shape index (κ2) is 4.15. The lowest BCUT2D eigenvalue weighted by Gasteiger charge is -2.06. The molecule has 3 heteroatoms. The summed E-state index contributed by atoms with van der Waals surface area (Å²) in [5.74, 6) is 0.367. The highest BCUT2D eigenvalue weighted by molar-refractivity contribution is 7.91. The minimum Gasteiger partial charge on any atom is -0.611 e. The van der Waals surface area contributed by atoms with E-state index in [0.717, 1.165) is 4.90 Å². The Kier molecular flexibility index (Phi) is 3.15. The van der Waals surface area contributed by atoms with Crippen molar-refractivity contribution in [1.82, 2.24) is 0 Å². The summed E-state index contributed by atoms with van der Waals surface area (Å²) in [5, 5.41) is 8.49. The Morgan fingerprint density at radius 3 is 2.42 bits per heavy atom. The number of nitriles is 1. The Balaban J connectivity index is 2.86. The summed E-state index contributed by atoms with van der Waals surface area (Å²) in [6, 6.07) is 8.70. The van der Waals surface area contributed by atoms with Crippen LogP contribution in [0, 0.1) is 18.3 Å². The fourth-order valence-electron chi connectivity index (χ4n) is 0.799. The molecule has 1 unspecified atom stereocenters. The fraction of sp³-hybridized carbons (Fsp3) is 0.111. The Morgan fingerprint density at radius 1 is 1.42 bits per heavy atom. The van der Waals surface area contributed by atoms with E-state index in [2.05, 4.69) is 6.92 Å². The van der Waals surface area contributed by atoms with Gasteiger partial charge in [-0.1, -0.05) is 0 Å². The van der Waals surface area contributed by atoms with E-state index in [4.69, 9.17) is 5.26 Å². The van der Waals surface area contributed by atoms with Gasteiger partial charge >= 0.3 is 0 Å². The first-order valence-corrected chi connectivity index (χ1v) is 4.77. The van der Waals surface area contributed by atoms with Crippen LogP contribution in [0.5, 0.6) is 0 Å². The van der Waals surface area contributed by atoms with E-state index in [1.54, 1.807) is 24.3 Å². The van der Waals surface area contributed by atoms with Gasteiger partial charge in [0.1, 0.15) is 5.75 Å². The van der Waals surface area contributed by atoms with Crippen LogP contribution in [0.15, 0.2) is 29.2 Å². The molecule has 1 radical (unpaired) electrons. The van der Waals surface area contributed by atoms with Gasteiger partial charge in [0.2, 0.25) is 0 Å². The van der Waals surface area contributed by atoms with Crippen molar-refractivity contribution < 1.29 is 4.55 Å². The summed E-state index contributed by atoms with van der Waals surface area (Å²) >= 11 is -1.02. The molecule has 2 nitrogen and oxygen atoms in total. The van der Waals surface area contributed by atoms with E-state index in [-0.39, 0.29) is 0 Å². The van der Waals surface area contributed by atoms with Crippen molar-refractivity contribution in [2.75, 3.05) is 5.75 Å². The SMILES string of the molecule is [CH2]C[S+]([O-])c1ccc(C#N)cc1. The average Bonchev–Trinajstić information content (AvgIpc) is 2.17. The lowest BCUT2D eigenvalue weighted by molar-refractivity contribution is 0.598. The summed E-state index contributed by atoms with van der Waals surface area (Å²) in [6.45, 7) is 3.54. The van der Waals surface area contributed by atoms with Gasteiger partial charge in [-0.25, -0.2) is 0 Å². The highest BCUT2D eigenvalue weighted by Gasteiger charge is 2.06. The molecule has 1 aromatic rings. The normalized spacial score (nSPS) is 12.1. The summed E-state index contributed by atoms with van der Waals surface area (Å²) < 4.78 is 11.2. The summed E-state index contributed by atoms with van der Waals surface area (Å²) in [6.07, 6.45) is 0. The van der Waals surface area contributed by atoms with Crippen molar-refractivity contribution in [2.24, 2.45) is 0 Å². The maximum absolute atomic E-state index is 11.2. The van der Waals surface area contributed by atoms with Crippen LogP contribution in [0.2, 0.25) is 0 Å². The van der Waals surface area contributed by atoms with Gasteiger partial charge in [0.25, 0.3) is 0 Å². The van der Waals surface area contributed by atoms with Crippen LogP contribution in [0.4, 0.5) is 0 Å². The smallest absolute Gasteiger partial charge is 0.152 e. The summed E-state index contributed by atoms with van der Waals surface area (Å²) in [7, 11) is 0. The molecule has 12 heavy (non-hydrogen) atoms. The van der Waals surface area contributed by atoms with Crippen LogP contribution in [0.3, 0.4) is 0 Å². The molecule has 0 spiro atoms. The molecule has 0 bridgehead atoms. The van der Waals surface area contributed by atoms with E-state index in [0.29, 0.717) is 11.3 Å². The van der Waals surface area contributed by atoms with Gasteiger partial charge in [-0.2, -0.15) is 5.26 Å². The van der Waals surface area contributed by atoms with Crippen molar-refractivity contribution >= 4 is 11.2 Å². The van der Waals surface area contributed by atoms with E-state index >= 15 is 0 Å². The predicted octanol–water partition coefficient (Wildman–Crippen LogP) is 1.50. The molecule has 0 aliphatic carbocycles. The third-order valence-corrected chi connectivity index (χ3v) is 2.60. The minimum atomic E-state index is -1.02. The molecule has 0 aromatic heterocycles. The Labute approximate surface area is 75.0 Å². The second-order valence-electron chi connectivity index (χ2n) is 2.19. The number of hydrogen-bond acceptors (Lipinski definition) is 2. The molecule has 0 fully saturated rings. The molecule has 0 saturated heterocycles. The number of nitrogens with zero attached hydrogens (tertiary/aromatic N) is 1. The zero-order valence-corrected chi connectivity index (χ0v) is 7.30. The van der Waals surface area contributed by atoms with Crippen molar-refractivity contribution in [3.8, 4) is 6.07 Å². The van der Waals surface area contributed by atoms with Gasteiger partial charge in [0.15, 0.2) is 4.90 Å². The number of benzene rings is 1. The molecule has 0 aliphatic rings. The molecule has 0 amide bonds. The van der Waals surface area contributed by atoms with Crippen LogP contribution in [-0.4, -0.2) is 10.3 Å². The highest BCUT2D eigenvalue weighted by atomic mass is 32.2. The van der Waals surface area contributed by atoms with Gasteiger partial charge in [-0.3, -0.25) is 0 Å². The molecule has 1 atom stereocenters. The lowest BCUT2D eigenvalue weighted by atomic mass is 10.2. The van der Waals surface area contributed by atoms with Crippen molar-refractivity contribution in [2.45, 2.75) is 4.90 Å². The molecule has 61 valence electrons. The van der Waals surface area contributed by atoms with Gasteiger partial charge in [0.05, 0.1) is 11.6 Å². The third-order valence-electron chi connectivity index (χ3n) is 1.43. The molecule has 0 saturated carbocycles. The van der Waals surface area contributed by atoms with Gasteiger partial charge in [-0.05, 0) is 42.4 Å². The molecule has 0 aliphatic heterocycles. The molecular formula is C9H8NOS. The van der Waals surface area contributed by atoms with Crippen molar-refractivity contribution in [1.29, 1.82) is 5.26 Å². The van der Waals surface area contributed by atoms with E-state index < -0.39 is 11.2 Å². The van der Waals surface area contributed by atoms with Crippen LogP contribution < -0.4 is 0 Å². The van der Waals surface area contributed by atoms with E-state index in [1.165, 1.54) is 0 Å². The summed E-state index contributed by atoms with van der Waals surface area (Å²) in [5.41, 5.74) is 0.583. The molecule has 0 N–H and O–H groups in total. The topological polar surface area (TPSA) is 46.8 Å². The zero-order chi connectivity index (χ0) is 8.97. The van der Waals surface area contributed by atoms with E-state index in [9.17, 15) is 4.55 Å². The highest BCUT2D eigenvalue weighted by Crippen LogP contribution is 2.11. The quantitative estimate of drug-likeness (QED) is 0.644. The van der Waals surface area contributed by atoms with Crippen LogP contribution in [0.1, 0.15) is 5.56 Å². The first-order chi connectivity index (χ1) is 5.77. The van der Waals surface area contributed by atoms with Crippen molar-refractivity contribution in [3.63, 3.8) is 0 Å². The third kappa shape index (κ3) is 2.00. The average molecular weight is 178 g/mol. The predicted molar refractivity (Wildman–Crippen MR) is 47.8 cm³/mol. The minimum absolute atomic E-state index is 0.367. The standard InChI is InChI=1S/C9H8NOS/c1-2-12(11)9-5-3-8(7-10)4-6-9/h3-6H,1-2H2. The number of rotatable bonds is 2. The zero-order valence-electron chi connectivity index (χ0n) is 6.49. The monoisotopic (exact) mass is 178 g/mol. The Hall–Kier alpha value is -0.980. The molecule has 1 aromatic carbocycles. The Morgan fingerprint density at radius 2 is 2.00 bits per heavy atom. The van der Waals surface area contributed by atoms with Gasteiger partial charge < -0.3 is 4.55 Å².